The summed E-state index contributed by atoms with van der Waals surface area (Å²) in [6.45, 7) is 3.77. The Morgan fingerprint density at radius 3 is 2.42 bits per heavy atom. The maximum absolute atomic E-state index is 13.4. The third-order valence-electron chi connectivity index (χ3n) is 6.49. The number of aryl methyl sites for hydroxylation is 1. The fourth-order valence-corrected chi connectivity index (χ4v) is 4.69. The Morgan fingerprint density at radius 1 is 1.12 bits per heavy atom. The van der Waals surface area contributed by atoms with Crippen molar-refractivity contribution in [2.45, 2.75) is 51.2 Å². The molecule has 1 N–H and O–H groups in total. The van der Waals surface area contributed by atoms with Gasteiger partial charge in [-0.1, -0.05) is 24.3 Å². The molecule has 4 rings (SSSR count). The molecule has 1 spiro atoms. The van der Waals surface area contributed by atoms with Gasteiger partial charge in [-0.25, -0.2) is 9.18 Å². The van der Waals surface area contributed by atoms with Gasteiger partial charge in [0.15, 0.2) is 0 Å². The summed E-state index contributed by atoms with van der Waals surface area (Å²) >= 11 is 0. The van der Waals surface area contributed by atoms with E-state index in [4.69, 9.17) is 14.2 Å². The molecule has 2 aliphatic rings. The van der Waals surface area contributed by atoms with E-state index in [2.05, 4.69) is 5.32 Å². The number of benzene rings is 2. The summed E-state index contributed by atoms with van der Waals surface area (Å²) in [5.41, 5.74) is 2.72. The average molecular weight is 454 g/mol. The minimum absolute atomic E-state index is 0.101. The summed E-state index contributed by atoms with van der Waals surface area (Å²) in [5, 5.41) is 3.10. The van der Waals surface area contributed by atoms with E-state index in [1.807, 2.05) is 25.1 Å². The third kappa shape index (κ3) is 4.50. The molecular weight excluding hydrogens is 425 g/mol. The first kappa shape index (κ1) is 23.0. The number of nitrogens with one attached hydrogen (secondary N) is 1. The first-order valence-electron chi connectivity index (χ1n) is 11.2. The van der Waals surface area contributed by atoms with Gasteiger partial charge in [0, 0.05) is 7.11 Å². The van der Waals surface area contributed by atoms with Gasteiger partial charge < -0.3 is 19.5 Å². The minimum Gasteiger partial charge on any atom is -0.434 e. The van der Waals surface area contributed by atoms with Crippen LogP contribution in [0.25, 0.3) is 16.7 Å². The lowest BCUT2D eigenvalue weighted by Crippen LogP contribution is -2.49. The number of hydrogen-bond donors (Lipinski definition) is 1. The van der Waals surface area contributed by atoms with Crippen LogP contribution in [0.4, 0.5) is 9.18 Å². The molecule has 7 heteroatoms. The molecule has 0 bridgehead atoms. The topological polar surface area (TPSA) is 73.9 Å². The third-order valence-corrected chi connectivity index (χ3v) is 6.49. The molecular formula is C26H28FNO5. The maximum atomic E-state index is 13.4. The number of amides is 1. The second kappa shape index (κ2) is 9.35. The normalized spacial score (nSPS) is 22.4. The molecule has 1 fully saturated rings. The lowest BCUT2D eigenvalue weighted by atomic mass is 9.79. The quantitative estimate of drug-likeness (QED) is 0.635. The van der Waals surface area contributed by atoms with Gasteiger partial charge in [-0.3, -0.25) is 4.79 Å². The molecule has 0 unspecified atom stereocenters. The van der Waals surface area contributed by atoms with Crippen LogP contribution in [0, 0.1) is 12.7 Å². The van der Waals surface area contributed by atoms with Crippen LogP contribution in [0.3, 0.4) is 0 Å². The Balaban J connectivity index is 1.82. The van der Waals surface area contributed by atoms with Crippen molar-refractivity contribution in [1.29, 1.82) is 0 Å². The number of methoxy groups -OCH3 is 1. The maximum Gasteiger partial charge on any atom is 0.513 e. The van der Waals surface area contributed by atoms with Crippen LogP contribution in [0.2, 0.25) is 0 Å². The highest BCUT2D eigenvalue weighted by molar-refractivity contribution is 6.24. The van der Waals surface area contributed by atoms with Crippen molar-refractivity contribution in [3.05, 3.63) is 65.2 Å². The molecule has 2 aromatic rings. The number of hydrogen-bond acceptors (Lipinski definition) is 5. The molecule has 0 atom stereocenters. The largest absolute Gasteiger partial charge is 0.513 e. The van der Waals surface area contributed by atoms with Gasteiger partial charge in [0.25, 0.3) is 5.91 Å². The Labute approximate surface area is 192 Å². The molecule has 0 radical (unpaired) electrons. The minimum atomic E-state index is -0.831. The number of halogens is 1. The van der Waals surface area contributed by atoms with Gasteiger partial charge >= 0.3 is 6.16 Å². The average Bonchev–Trinajstić information content (AvgIpc) is 3.06. The Hall–Kier alpha value is -3.19. The van der Waals surface area contributed by atoms with Gasteiger partial charge in [0.05, 0.1) is 23.8 Å². The Morgan fingerprint density at radius 2 is 1.79 bits per heavy atom. The lowest BCUT2D eigenvalue weighted by Gasteiger charge is -2.37. The van der Waals surface area contributed by atoms with Crippen molar-refractivity contribution in [1.82, 2.24) is 5.32 Å². The molecule has 1 amide bonds. The zero-order valence-electron chi connectivity index (χ0n) is 19.1. The summed E-state index contributed by atoms with van der Waals surface area (Å²) in [4.78, 5) is 25.7. The molecule has 2 aromatic carbocycles. The van der Waals surface area contributed by atoms with Crippen LogP contribution in [0.1, 0.15) is 43.7 Å². The number of rotatable bonds is 5. The van der Waals surface area contributed by atoms with Gasteiger partial charge in [-0.05, 0) is 80.0 Å². The number of carbonyl (C=O) groups is 2. The van der Waals surface area contributed by atoms with Crippen LogP contribution < -0.4 is 5.32 Å². The summed E-state index contributed by atoms with van der Waals surface area (Å²) in [6.07, 6.45) is 1.91. The van der Waals surface area contributed by atoms with Gasteiger partial charge in [0.2, 0.25) is 0 Å². The fourth-order valence-electron chi connectivity index (χ4n) is 4.69. The summed E-state index contributed by atoms with van der Waals surface area (Å²) in [7, 11) is 1.68. The van der Waals surface area contributed by atoms with Crippen molar-refractivity contribution in [3.63, 3.8) is 0 Å². The fraction of sp³-hybridized carbons (Fsp3) is 0.385. The van der Waals surface area contributed by atoms with Crippen molar-refractivity contribution < 1.29 is 28.2 Å². The second-order valence-electron chi connectivity index (χ2n) is 8.50. The first-order valence-corrected chi connectivity index (χ1v) is 11.2. The van der Waals surface area contributed by atoms with E-state index >= 15 is 0 Å². The van der Waals surface area contributed by atoms with Crippen LogP contribution in [-0.4, -0.2) is 37.4 Å². The van der Waals surface area contributed by atoms with Crippen LogP contribution >= 0.6 is 0 Å². The molecule has 174 valence electrons. The first-order chi connectivity index (χ1) is 15.9. The Bertz CT molecular complexity index is 1080. The van der Waals surface area contributed by atoms with Crippen LogP contribution in [0.15, 0.2) is 48.2 Å². The van der Waals surface area contributed by atoms with E-state index in [1.165, 1.54) is 12.1 Å². The summed E-state index contributed by atoms with van der Waals surface area (Å²) in [6, 6.07) is 11.9. The number of carbonyl (C=O) groups excluding carboxylic acids is 2. The highest BCUT2D eigenvalue weighted by Crippen LogP contribution is 2.44. The molecule has 1 heterocycles. The zero-order valence-corrected chi connectivity index (χ0v) is 19.1. The van der Waals surface area contributed by atoms with E-state index in [1.54, 1.807) is 26.2 Å². The van der Waals surface area contributed by atoms with Crippen LogP contribution in [0.5, 0.6) is 0 Å². The van der Waals surface area contributed by atoms with E-state index in [0.717, 1.165) is 29.5 Å². The van der Waals surface area contributed by atoms with Gasteiger partial charge in [-0.2, -0.15) is 0 Å². The molecule has 6 nitrogen and oxygen atoms in total. The van der Waals surface area contributed by atoms with Crippen LogP contribution in [-0.2, 0) is 19.0 Å². The van der Waals surface area contributed by atoms with E-state index in [0.29, 0.717) is 29.7 Å². The zero-order chi connectivity index (χ0) is 23.6. The predicted molar refractivity (Wildman–Crippen MR) is 122 cm³/mol. The monoisotopic (exact) mass is 453 g/mol. The Kier molecular flexibility index (Phi) is 6.51. The standard InChI is InChI=1S/C26H28FNO5/c1-4-32-25(30)33-23-22(24(29)28-26(23)13-11-20(31-3)12-14-26)21-15-18(6-5-16(21)2)17-7-9-19(27)10-8-17/h5-10,15,20H,4,11-14H2,1-3H3,(H,28,29)/t20-,26+. The summed E-state index contributed by atoms with van der Waals surface area (Å²) < 4.78 is 29.6. The van der Waals surface area contributed by atoms with E-state index < -0.39 is 11.7 Å². The predicted octanol–water partition coefficient (Wildman–Crippen LogP) is 5.14. The smallest absolute Gasteiger partial charge is 0.434 e. The van der Waals surface area contributed by atoms with Crippen molar-refractivity contribution in [2.75, 3.05) is 13.7 Å². The molecule has 33 heavy (non-hydrogen) atoms. The SMILES string of the molecule is CCOC(=O)OC1=C(c2cc(-c3ccc(F)cc3)ccc2C)C(=O)N[C@]12CC[C@@H](OC)CC2. The molecule has 1 saturated carbocycles. The van der Waals surface area contributed by atoms with E-state index in [-0.39, 0.29) is 24.4 Å². The molecule has 1 aliphatic heterocycles. The van der Waals surface area contributed by atoms with Gasteiger partial charge in [0.1, 0.15) is 11.6 Å². The molecule has 1 aliphatic carbocycles. The number of ether oxygens (including phenoxy) is 3. The van der Waals surface area contributed by atoms with Crippen molar-refractivity contribution >= 4 is 17.6 Å². The summed E-state index contributed by atoms with van der Waals surface area (Å²) in [5.74, 6) is -0.299. The van der Waals surface area contributed by atoms with Crippen molar-refractivity contribution in [2.24, 2.45) is 0 Å². The van der Waals surface area contributed by atoms with E-state index in [9.17, 15) is 14.0 Å². The van der Waals surface area contributed by atoms with Gasteiger partial charge in [-0.15, -0.1) is 0 Å². The molecule has 0 aromatic heterocycles. The lowest BCUT2D eigenvalue weighted by molar-refractivity contribution is -0.116. The highest BCUT2D eigenvalue weighted by Gasteiger charge is 2.50. The molecule has 0 saturated heterocycles. The second-order valence-corrected chi connectivity index (χ2v) is 8.50. The highest BCUT2D eigenvalue weighted by atomic mass is 19.1. The van der Waals surface area contributed by atoms with Crippen molar-refractivity contribution in [3.8, 4) is 11.1 Å².